The van der Waals surface area contributed by atoms with E-state index in [1.54, 1.807) is 0 Å². The summed E-state index contributed by atoms with van der Waals surface area (Å²) in [5, 5.41) is 0. The largest absolute Gasteiger partial charge is 0.343 e. The molecule has 1 aliphatic rings. The summed E-state index contributed by atoms with van der Waals surface area (Å²) < 4.78 is 0. The zero-order chi connectivity index (χ0) is 12.2. The maximum atomic E-state index is 11.9. The number of hydrogen-bond donors (Lipinski definition) is 1. The van der Waals surface area contributed by atoms with Crippen LogP contribution >= 0.6 is 0 Å². The van der Waals surface area contributed by atoms with E-state index < -0.39 is 0 Å². The normalized spacial score (nSPS) is 22.6. The lowest BCUT2D eigenvalue weighted by Crippen LogP contribution is -2.33. The van der Waals surface area contributed by atoms with Crippen molar-refractivity contribution in [2.45, 2.75) is 58.9 Å². The van der Waals surface area contributed by atoms with Gasteiger partial charge in [-0.15, -0.1) is 0 Å². The third-order valence-corrected chi connectivity index (χ3v) is 3.51. The predicted molar refractivity (Wildman–Crippen MR) is 67.1 cm³/mol. The lowest BCUT2D eigenvalue weighted by molar-refractivity contribution is -0.131. The van der Waals surface area contributed by atoms with Crippen LogP contribution in [0.1, 0.15) is 52.9 Å². The van der Waals surface area contributed by atoms with Crippen LogP contribution in [-0.4, -0.2) is 29.9 Å². The van der Waals surface area contributed by atoms with E-state index in [2.05, 4.69) is 13.8 Å². The van der Waals surface area contributed by atoms with E-state index in [1.807, 2.05) is 11.8 Å². The molecule has 0 bridgehead atoms. The number of carbonyl (C=O) groups excluding carboxylic acids is 1. The second-order valence-corrected chi connectivity index (χ2v) is 5.91. The van der Waals surface area contributed by atoms with E-state index in [-0.39, 0.29) is 11.9 Å². The maximum absolute atomic E-state index is 11.9. The quantitative estimate of drug-likeness (QED) is 0.801. The van der Waals surface area contributed by atoms with E-state index in [9.17, 15) is 4.79 Å². The summed E-state index contributed by atoms with van der Waals surface area (Å²) >= 11 is 0. The Labute approximate surface area is 99.4 Å². The number of carbonyl (C=O) groups is 1. The minimum absolute atomic E-state index is 0.132. The number of nitrogens with zero attached hydrogens (tertiary/aromatic N) is 1. The standard InChI is InChI=1S/C13H26N2O/c1-11(14)5-6-12(16)15-9-4-7-13(2,3)8-10-15/h11H,4-10,14H2,1-3H3. The minimum atomic E-state index is 0.132. The third-order valence-electron chi connectivity index (χ3n) is 3.51. The van der Waals surface area contributed by atoms with Crippen molar-refractivity contribution >= 4 is 5.91 Å². The topological polar surface area (TPSA) is 46.3 Å². The van der Waals surface area contributed by atoms with Crippen molar-refractivity contribution in [3.8, 4) is 0 Å². The Morgan fingerprint density at radius 2 is 2.06 bits per heavy atom. The molecule has 0 saturated carbocycles. The van der Waals surface area contributed by atoms with Crippen molar-refractivity contribution in [1.82, 2.24) is 4.90 Å². The molecule has 1 saturated heterocycles. The molecule has 0 aliphatic carbocycles. The Morgan fingerprint density at radius 3 is 2.69 bits per heavy atom. The minimum Gasteiger partial charge on any atom is -0.343 e. The average molecular weight is 226 g/mol. The van der Waals surface area contributed by atoms with Crippen LogP contribution in [0, 0.1) is 5.41 Å². The molecule has 1 rings (SSSR count). The summed E-state index contributed by atoms with van der Waals surface area (Å²) in [6.45, 7) is 8.40. The van der Waals surface area contributed by atoms with Crippen LogP contribution in [0.4, 0.5) is 0 Å². The van der Waals surface area contributed by atoms with Crippen molar-refractivity contribution in [3.05, 3.63) is 0 Å². The van der Waals surface area contributed by atoms with Gasteiger partial charge in [-0.25, -0.2) is 0 Å². The van der Waals surface area contributed by atoms with Gasteiger partial charge in [-0.05, 0) is 38.0 Å². The molecule has 94 valence electrons. The molecule has 0 radical (unpaired) electrons. The van der Waals surface area contributed by atoms with Gasteiger partial charge in [0.1, 0.15) is 0 Å². The Kier molecular flexibility index (Phi) is 4.78. The zero-order valence-corrected chi connectivity index (χ0v) is 11.0. The summed E-state index contributed by atoms with van der Waals surface area (Å²) in [5.41, 5.74) is 6.07. The van der Waals surface area contributed by atoms with Crippen LogP contribution in [0.25, 0.3) is 0 Å². The molecule has 16 heavy (non-hydrogen) atoms. The van der Waals surface area contributed by atoms with Crippen molar-refractivity contribution in [2.24, 2.45) is 11.1 Å². The molecule has 1 fully saturated rings. The number of rotatable bonds is 3. The summed E-state index contributed by atoms with van der Waals surface area (Å²) in [6.07, 6.45) is 4.90. The highest BCUT2D eigenvalue weighted by Crippen LogP contribution is 2.29. The molecule has 3 heteroatoms. The summed E-state index contributed by atoms with van der Waals surface area (Å²) in [4.78, 5) is 14.0. The number of nitrogens with two attached hydrogens (primary N) is 1. The first kappa shape index (κ1) is 13.5. The first-order valence-corrected chi connectivity index (χ1v) is 6.44. The van der Waals surface area contributed by atoms with Crippen LogP contribution < -0.4 is 5.73 Å². The molecule has 0 aromatic carbocycles. The molecule has 3 nitrogen and oxygen atoms in total. The molecular formula is C13H26N2O. The van der Waals surface area contributed by atoms with Crippen molar-refractivity contribution < 1.29 is 4.79 Å². The molecule has 0 aromatic heterocycles. The van der Waals surface area contributed by atoms with Crippen LogP contribution in [0.5, 0.6) is 0 Å². The van der Waals surface area contributed by atoms with Gasteiger partial charge in [-0.2, -0.15) is 0 Å². The van der Waals surface area contributed by atoms with E-state index in [0.717, 1.165) is 32.4 Å². The van der Waals surface area contributed by atoms with Crippen LogP contribution in [0.3, 0.4) is 0 Å². The fourth-order valence-electron chi connectivity index (χ4n) is 2.18. The van der Waals surface area contributed by atoms with Crippen LogP contribution in [-0.2, 0) is 4.79 Å². The van der Waals surface area contributed by atoms with Crippen molar-refractivity contribution in [1.29, 1.82) is 0 Å². The molecule has 2 N–H and O–H groups in total. The monoisotopic (exact) mass is 226 g/mol. The maximum Gasteiger partial charge on any atom is 0.222 e. The Hall–Kier alpha value is -0.570. The highest BCUT2D eigenvalue weighted by Gasteiger charge is 2.25. The molecule has 0 aromatic rings. The van der Waals surface area contributed by atoms with E-state index in [4.69, 9.17) is 5.73 Å². The smallest absolute Gasteiger partial charge is 0.222 e. The van der Waals surface area contributed by atoms with Gasteiger partial charge >= 0.3 is 0 Å². The van der Waals surface area contributed by atoms with Gasteiger partial charge in [0.05, 0.1) is 0 Å². The molecule has 1 heterocycles. The van der Waals surface area contributed by atoms with Gasteiger partial charge in [0.25, 0.3) is 0 Å². The average Bonchev–Trinajstić information content (AvgIpc) is 2.35. The van der Waals surface area contributed by atoms with Gasteiger partial charge in [0.15, 0.2) is 0 Å². The summed E-state index contributed by atoms with van der Waals surface area (Å²) in [5.74, 6) is 0.287. The number of hydrogen-bond acceptors (Lipinski definition) is 2. The molecule has 1 amide bonds. The second kappa shape index (κ2) is 5.67. The molecule has 1 atom stereocenters. The molecular weight excluding hydrogens is 200 g/mol. The SMILES string of the molecule is CC(N)CCC(=O)N1CCCC(C)(C)CC1. The second-order valence-electron chi connectivity index (χ2n) is 5.91. The van der Waals surface area contributed by atoms with Gasteiger partial charge in [-0.1, -0.05) is 13.8 Å². The van der Waals surface area contributed by atoms with Gasteiger partial charge in [-0.3, -0.25) is 4.79 Å². The van der Waals surface area contributed by atoms with Gasteiger partial charge < -0.3 is 10.6 Å². The fourth-order valence-corrected chi connectivity index (χ4v) is 2.18. The third kappa shape index (κ3) is 4.52. The van der Waals surface area contributed by atoms with Crippen LogP contribution in [0.2, 0.25) is 0 Å². The van der Waals surface area contributed by atoms with Gasteiger partial charge in [0.2, 0.25) is 5.91 Å². The highest BCUT2D eigenvalue weighted by atomic mass is 16.2. The Bertz CT molecular complexity index is 236. The lowest BCUT2D eigenvalue weighted by atomic mass is 9.85. The van der Waals surface area contributed by atoms with E-state index >= 15 is 0 Å². The summed E-state index contributed by atoms with van der Waals surface area (Å²) in [7, 11) is 0. The van der Waals surface area contributed by atoms with Crippen molar-refractivity contribution in [3.63, 3.8) is 0 Å². The lowest BCUT2D eigenvalue weighted by Gasteiger charge is -2.23. The Balaban J connectivity index is 2.39. The number of likely N-dealkylation sites (tertiary alicyclic amines) is 1. The highest BCUT2D eigenvalue weighted by molar-refractivity contribution is 5.76. The molecule has 0 spiro atoms. The molecule has 1 unspecified atom stereocenters. The van der Waals surface area contributed by atoms with E-state index in [0.29, 0.717) is 11.8 Å². The van der Waals surface area contributed by atoms with Gasteiger partial charge in [0, 0.05) is 25.6 Å². The summed E-state index contributed by atoms with van der Waals surface area (Å²) in [6, 6.07) is 0.132. The molecule has 1 aliphatic heterocycles. The fraction of sp³-hybridized carbons (Fsp3) is 0.923. The van der Waals surface area contributed by atoms with Crippen molar-refractivity contribution in [2.75, 3.05) is 13.1 Å². The number of amides is 1. The Morgan fingerprint density at radius 1 is 1.38 bits per heavy atom. The van der Waals surface area contributed by atoms with E-state index in [1.165, 1.54) is 6.42 Å². The first-order chi connectivity index (χ1) is 7.41. The predicted octanol–water partition coefficient (Wildman–Crippen LogP) is 2.15. The van der Waals surface area contributed by atoms with Crippen LogP contribution in [0.15, 0.2) is 0 Å². The zero-order valence-electron chi connectivity index (χ0n) is 11.0. The first-order valence-electron chi connectivity index (χ1n) is 6.44.